The van der Waals surface area contributed by atoms with E-state index in [1.165, 1.54) is 0 Å². The SMILES string of the molecule is CC(Br)C1CCN(CCOCC(F)(F)F)CC1. The van der Waals surface area contributed by atoms with E-state index in [4.69, 9.17) is 0 Å². The first-order chi connectivity index (χ1) is 7.88. The van der Waals surface area contributed by atoms with Crippen molar-refractivity contribution in [2.75, 3.05) is 32.8 Å². The van der Waals surface area contributed by atoms with E-state index in [2.05, 4.69) is 32.5 Å². The topological polar surface area (TPSA) is 12.5 Å². The molecule has 0 saturated carbocycles. The number of nitrogens with zero attached hydrogens (tertiary/aromatic N) is 1. The minimum Gasteiger partial charge on any atom is -0.371 e. The monoisotopic (exact) mass is 317 g/mol. The third kappa shape index (κ3) is 6.62. The average Bonchev–Trinajstić information content (AvgIpc) is 2.24. The number of alkyl halides is 4. The van der Waals surface area contributed by atoms with Gasteiger partial charge in [-0.05, 0) is 31.8 Å². The first-order valence-corrected chi connectivity index (χ1v) is 6.81. The zero-order chi connectivity index (χ0) is 12.9. The van der Waals surface area contributed by atoms with Crippen LogP contribution >= 0.6 is 15.9 Å². The highest BCUT2D eigenvalue weighted by atomic mass is 79.9. The highest BCUT2D eigenvalue weighted by Gasteiger charge is 2.27. The van der Waals surface area contributed by atoms with Crippen molar-refractivity contribution in [3.05, 3.63) is 0 Å². The van der Waals surface area contributed by atoms with Gasteiger partial charge in [-0.25, -0.2) is 0 Å². The van der Waals surface area contributed by atoms with Gasteiger partial charge < -0.3 is 9.64 Å². The standard InChI is InChI=1S/C11H19BrF3NO/c1-9(12)10-2-4-16(5-3-10)6-7-17-8-11(13,14)15/h9-10H,2-8H2,1H3. The first-order valence-electron chi connectivity index (χ1n) is 5.89. The van der Waals surface area contributed by atoms with Gasteiger partial charge >= 0.3 is 6.18 Å². The Kier molecular flexibility index (Phi) is 6.23. The number of piperidine rings is 1. The Morgan fingerprint density at radius 3 is 2.41 bits per heavy atom. The van der Waals surface area contributed by atoms with Crippen molar-refractivity contribution < 1.29 is 17.9 Å². The van der Waals surface area contributed by atoms with E-state index >= 15 is 0 Å². The molecule has 0 aromatic rings. The van der Waals surface area contributed by atoms with Crippen LogP contribution in [0.25, 0.3) is 0 Å². The van der Waals surface area contributed by atoms with Gasteiger partial charge in [-0.15, -0.1) is 0 Å². The summed E-state index contributed by atoms with van der Waals surface area (Å²) in [6.45, 7) is 3.67. The van der Waals surface area contributed by atoms with Crippen LogP contribution in [-0.4, -0.2) is 48.8 Å². The fourth-order valence-corrected chi connectivity index (χ4v) is 2.55. The quantitative estimate of drug-likeness (QED) is 0.571. The molecular weight excluding hydrogens is 299 g/mol. The second-order valence-corrected chi connectivity index (χ2v) is 5.97. The summed E-state index contributed by atoms with van der Waals surface area (Å²) < 4.78 is 40.1. The molecule has 1 fully saturated rings. The van der Waals surface area contributed by atoms with Crippen LogP contribution in [0, 0.1) is 5.92 Å². The van der Waals surface area contributed by atoms with Crippen LogP contribution in [0.3, 0.4) is 0 Å². The molecule has 0 bridgehead atoms. The zero-order valence-electron chi connectivity index (χ0n) is 9.97. The Balaban J connectivity index is 2.07. The number of halogens is 4. The predicted octanol–water partition coefficient (Wildman–Crippen LogP) is 3.06. The Bertz CT molecular complexity index is 215. The molecule has 1 atom stereocenters. The molecule has 2 nitrogen and oxygen atoms in total. The minimum absolute atomic E-state index is 0.161. The van der Waals surface area contributed by atoms with Crippen molar-refractivity contribution >= 4 is 15.9 Å². The van der Waals surface area contributed by atoms with Crippen LogP contribution in [0.2, 0.25) is 0 Å². The number of rotatable bonds is 5. The van der Waals surface area contributed by atoms with Crippen LogP contribution < -0.4 is 0 Å². The second kappa shape index (κ2) is 6.95. The predicted molar refractivity (Wildman–Crippen MR) is 64.4 cm³/mol. The Labute approximate surface area is 109 Å². The van der Waals surface area contributed by atoms with Crippen molar-refractivity contribution in [3.63, 3.8) is 0 Å². The van der Waals surface area contributed by atoms with E-state index in [-0.39, 0.29) is 6.61 Å². The molecule has 1 heterocycles. The second-order valence-electron chi connectivity index (χ2n) is 4.52. The highest BCUT2D eigenvalue weighted by Crippen LogP contribution is 2.24. The van der Waals surface area contributed by atoms with Gasteiger partial charge in [0.15, 0.2) is 0 Å². The number of hydrogen-bond donors (Lipinski definition) is 0. The van der Waals surface area contributed by atoms with E-state index in [0.717, 1.165) is 25.9 Å². The molecule has 0 aromatic carbocycles. The summed E-state index contributed by atoms with van der Waals surface area (Å²) in [6.07, 6.45) is -2.00. The fraction of sp³-hybridized carbons (Fsp3) is 1.00. The van der Waals surface area contributed by atoms with E-state index in [0.29, 0.717) is 17.3 Å². The van der Waals surface area contributed by atoms with Gasteiger partial charge in [0, 0.05) is 11.4 Å². The summed E-state index contributed by atoms with van der Waals surface area (Å²) in [5, 5.41) is 0. The lowest BCUT2D eigenvalue weighted by atomic mass is 9.94. The lowest BCUT2D eigenvalue weighted by Crippen LogP contribution is -2.38. The molecule has 1 rings (SSSR count). The molecule has 1 aliphatic rings. The first kappa shape index (κ1) is 15.2. The lowest BCUT2D eigenvalue weighted by Gasteiger charge is -2.33. The maximum Gasteiger partial charge on any atom is 0.411 e. The molecule has 0 spiro atoms. The molecule has 17 heavy (non-hydrogen) atoms. The molecule has 0 aliphatic carbocycles. The van der Waals surface area contributed by atoms with Gasteiger partial charge in [0.25, 0.3) is 0 Å². The number of hydrogen-bond acceptors (Lipinski definition) is 2. The molecule has 1 aliphatic heterocycles. The van der Waals surface area contributed by atoms with Crippen molar-refractivity contribution in [2.24, 2.45) is 5.92 Å². The van der Waals surface area contributed by atoms with Crippen LogP contribution in [0.4, 0.5) is 13.2 Å². The van der Waals surface area contributed by atoms with E-state index in [1.54, 1.807) is 0 Å². The Hall–Kier alpha value is 0.190. The van der Waals surface area contributed by atoms with Gasteiger partial charge in [0.05, 0.1) is 6.61 Å². The summed E-state index contributed by atoms with van der Waals surface area (Å²) in [6, 6.07) is 0. The summed E-state index contributed by atoms with van der Waals surface area (Å²) in [4.78, 5) is 2.69. The maximum atomic E-state index is 11.8. The molecule has 0 N–H and O–H groups in total. The minimum atomic E-state index is -4.21. The van der Waals surface area contributed by atoms with Crippen LogP contribution in [0.1, 0.15) is 19.8 Å². The Morgan fingerprint density at radius 1 is 1.35 bits per heavy atom. The summed E-state index contributed by atoms with van der Waals surface area (Å²) in [7, 11) is 0. The van der Waals surface area contributed by atoms with Gasteiger partial charge in [-0.3, -0.25) is 0 Å². The number of likely N-dealkylation sites (tertiary alicyclic amines) is 1. The normalized spacial score (nSPS) is 21.7. The highest BCUT2D eigenvalue weighted by molar-refractivity contribution is 9.09. The van der Waals surface area contributed by atoms with Crippen LogP contribution in [-0.2, 0) is 4.74 Å². The van der Waals surface area contributed by atoms with E-state index in [9.17, 15) is 13.2 Å². The van der Waals surface area contributed by atoms with Crippen molar-refractivity contribution in [3.8, 4) is 0 Å². The smallest absolute Gasteiger partial charge is 0.371 e. The van der Waals surface area contributed by atoms with Crippen molar-refractivity contribution in [2.45, 2.75) is 30.8 Å². The summed E-state index contributed by atoms with van der Waals surface area (Å²) >= 11 is 3.57. The summed E-state index contributed by atoms with van der Waals surface area (Å²) in [5.74, 6) is 0.683. The van der Waals surface area contributed by atoms with Crippen LogP contribution in [0.15, 0.2) is 0 Å². The zero-order valence-corrected chi connectivity index (χ0v) is 11.6. The molecule has 0 radical (unpaired) electrons. The molecule has 102 valence electrons. The molecular formula is C11H19BrF3NO. The van der Waals surface area contributed by atoms with E-state index in [1.807, 2.05) is 0 Å². The molecule has 6 heteroatoms. The van der Waals surface area contributed by atoms with Gasteiger partial charge in [-0.2, -0.15) is 13.2 Å². The van der Waals surface area contributed by atoms with Crippen LogP contribution in [0.5, 0.6) is 0 Å². The van der Waals surface area contributed by atoms with E-state index < -0.39 is 12.8 Å². The van der Waals surface area contributed by atoms with Gasteiger partial charge in [0.2, 0.25) is 0 Å². The molecule has 0 amide bonds. The Morgan fingerprint density at radius 2 is 1.94 bits per heavy atom. The summed E-state index contributed by atoms with van der Waals surface area (Å²) in [5.41, 5.74) is 0. The lowest BCUT2D eigenvalue weighted by molar-refractivity contribution is -0.174. The molecule has 0 aromatic heterocycles. The third-order valence-electron chi connectivity index (χ3n) is 3.10. The fourth-order valence-electron chi connectivity index (χ4n) is 2.02. The van der Waals surface area contributed by atoms with Gasteiger partial charge in [-0.1, -0.05) is 22.9 Å². The van der Waals surface area contributed by atoms with Gasteiger partial charge in [0.1, 0.15) is 6.61 Å². The largest absolute Gasteiger partial charge is 0.411 e. The number of ether oxygens (including phenoxy) is 1. The van der Waals surface area contributed by atoms with Crippen molar-refractivity contribution in [1.29, 1.82) is 0 Å². The molecule has 1 saturated heterocycles. The van der Waals surface area contributed by atoms with Crippen molar-refractivity contribution in [1.82, 2.24) is 4.90 Å². The average molecular weight is 318 g/mol. The maximum absolute atomic E-state index is 11.8. The third-order valence-corrected chi connectivity index (χ3v) is 3.85. The molecule has 1 unspecified atom stereocenters.